The highest BCUT2D eigenvalue weighted by atomic mass is 35.5. The molecule has 1 aromatic rings. The quantitative estimate of drug-likeness (QED) is 0.587. The topological polar surface area (TPSA) is 35.5 Å². The van der Waals surface area contributed by atoms with E-state index in [0.717, 1.165) is 11.1 Å². The number of benzene rings is 1. The van der Waals surface area contributed by atoms with Crippen LogP contribution in [0.5, 0.6) is 5.75 Å². The van der Waals surface area contributed by atoms with Gasteiger partial charge >= 0.3 is 5.97 Å². The number of hydrogen-bond acceptors (Lipinski definition) is 3. The van der Waals surface area contributed by atoms with Crippen molar-refractivity contribution in [2.75, 3.05) is 13.2 Å². The summed E-state index contributed by atoms with van der Waals surface area (Å²) in [5.74, 6) is 0.286. The van der Waals surface area contributed by atoms with Gasteiger partial charge in [-0.15, -0.1) is 0 Å². The molecule has 0 aliphatic carbocycles. The Morgan fingerprint density at radius 2 is 2.44 bits per heavy atom. The first-order valence-corrected chi connectivity index (χ1v) is 5.39. The Bertz CT molecular complexity index is 452. The van der Waals surface area contributed by atoms with Crippen LogP contribution in [0.4, 0.5) is 0 Å². The maximum atomic E-state index is 11.3. The number of esters is 1. The molecule has 0 saturated heterocycles. The molecule has 4 heteroatoms. The lowest BCUT2D eigenvalue weighted by Gasteiger charge is -1.99. The molecule has 3 nitrogen and oxygen atoms in total. The van der Waals surface area contributed by atoms with Gasteiger partial charge in [0.2, 0.25) is 0 Å². The molecule has 0 fully saturated rings. The van der Waals surface area contributed by atoms with Gasteiger partial charge in [0, 0.05) is 17.2 Å². The standard InChI is InChI=1S/C12H11ClO3/c1-2-15-11(14)6-8-7-16-12-9(8)4-3-5-10(12)13/h3-6H,2,7H2,1H3/b8-6+. The summed E-state index contributed by atoms with van der Waals surface area (Å²) in [5.41, 5.74) is 1.66. The molecule has 0 unspecified atom stereocenters. The van der Waals surface area contributed by atoms with Crippen LogP contribution in [0.25, 0.3) is 5.57 Å². The molecule has 0 saturated carbocycles. The first-order valence-electron chi connectivity index (χ1n) is 5.01. The number of ether oxygens (including phenoxy) is 2. The summed E-state index contributed by atoms with van der Waals surface area (Å²) in [4.78, 5) is 11.3. The van der Waals surface area contributed by atoms with Gasteiger partial charge in [-0.05, 0) is 13.0 Å². The van der Waals surface area contributed by atoms with Crippen molar-refractivity contribution in [3.05, 3.63) is 34.9 Å². The SMILES string of the molecule is CCOC(=O)/C=C1\COc2c(Cl)cccc21. The normalized spacial score (nSPS) is 15.8. The van der Waals surface area contributed by atoms with Crippen molar-refractivity contribution in [1.82, 2.24) is 0 Å². The van der Waals surface area contributed by atoms with Gasteiger partial charge < -0.3 is 9.47 Å². The van der Waals surface area contributed by atoms with E-state index in [0.29, 0.717) is 24.0 Å². The van der Waals surface area contributed by atoms with Crippen LogP contribution in [0.15, 0.2) is 24.3 Å². The van der Waals surface area contributed by atoms with Crippen LogP contribution in [-0.2, 0) is 9.53 Å². The lowest BCUT2D eigenvalue weighted by Crippen LogP contribution is -2.01. The molecule has 16 heavy (non-hydrogen) atoms. The minimum absolute atomic E-state index is 0.353. The molecule has 1 aliphatic rings. The van der Waals surface area contributed by atoms with E-state index in [1.807, 2.05) is 12.1 Å². The second-order valence-corrected chi connectivity index (χ2v) is 3.73. The van der Waals surface area contributed by atoms with Crippen molar-refractivity contribution in [2.24, 2.45) is 0 Å². The molecule has 2 rings (SSSR count). The summed E-state index contributed by atoms with van der Waals surface area (Å²) in [5, 5.41) is 0.560. The Morgan fingerprint density at radius 3 is 3.19 bits per heavy atom. The number of carbonyl (C=O) groups excluding carboxylic acids is 1. The van der Waals surface area contributed by atoms with E-state index in [1.54, 1.807) is 13.0 Å². The minimum Gasteiger partial charge on any atom is -0.487 e. The van der Waals surface area contributed by atoms with Gasteiger partial charge in [0.15, 0.2) is 0 Å². The molecule has 0 spiro atoms. The summed E-state index contributed by atoms with van der Waals surface area (Å²) in [6.07, 6.45) is 1.45. The molecular weight excluding hydrogens is 228 g/mol. The van der Waals surface area contributed by atoms with Crippen molar-refractivity contribution < 1.29 is 14.3 Å². The third-order valence-corrected chi connectivity index (χ3v) is 2.56. The molecular formula is C12H11ClO3. The summed E-state index contributed by atoms with van der Waals surface area (Å²) < 4.78 is 10.3. The van der Waals surface area contributed by atoms with E-state index in [-0.39, 0.29) is 5.97 Å². The summed E-state index contributed by atoms with van der Waals surface area (Å²) >= 11 is 5.96. The minimum atomic E-state index is -0.353. The maximum absolute atomic E-state index is 11.3. The fraction of sp³-hybridized carbons (Fsp3) is 0.250. The Hall–Kier alpha value is -1.48. The van der Waals surface area contributed by atoms with E-state index in [2.05, 4.69) is 0 Å². The van der Waals surface area contributed by atoms with Gasteiger partial charge in [0.25, 0.3) is 0 Å². The molecule has 1 aliphatic heterocycles. The van der Waals surface area contributed by atoms with E-state index in [9.17, 15) is 4.79 Å². The summed E-state index contributed by atoms with van der Waals surface area (Å²) in [7, 11) is 0. The average molecular weight is 239 g/mol. The number of fused-ring (bicyclic) bond motifs is 1. The third-order valence-electron chi connectivity index (χ3n) is 2.26. The van der Waals surface area contributed by atoms with E-state index < -0.39 is 0 Å². The molecule has 0 radical (unpaired) electrons. The first kappa shape index (κ1) is 11.0. The number of para-hydroxylation sites is 1. The fourth-order valence-electron chi connectivity index (χ4n) is 1.58. The largest absolute Gasteiger partial charge is 0.487 e. The maximum Gasteiger partial charge on any atom is 0.331 e. The van der Waals surface area contributed by atoms with Crippen molar-refractivity contribution >= 4 is 23.1 Å². The van der Waals surface area contributed by atoms with Crippen LogP contribution in [0.3, 0.4) is 0 Å². The second kappa shape index (κ2) is 4.58. The zero-order chi connectivity index (χ0) is 11.5. The molecule has 0 atom stereocenters. The number of carbonyl (C=O) groups is 1. The predicted molar refractivity (Wildman–Crippen MR) is 61.6 cm³/mol. The zero-order valence-corrected chi connectivity index (χ0v) is 9.58. The highest BCUT2D eigenvalue weighted by Gasteiger charge is 2.20. The highest BCUT2D eigenvalue weighted by molar-refractivity contribution is 6.32. The summed E-state index contributed by atoms with van der Waals surface area (Å²) in [6.45, 7) is 2.50. The average Bonchev–Trinajstić information content (AvgIpc) is 2.64. The van der Waals surface area contributed by atoms with Crippen molar-refractivity contribution in [3.63, 3.8) is 0 Å². The van der Waals surface area contributed by atoms with Crippen LogP contribution >= 0.6 is 11.6 Å². The van der Waals surface area contributed by atoms with Gasteiger partial charge in [-0.1, -0.05) is 23.7 Å². The Balaban J connectivity index is 2.30. The molecule has 0 N–H and O–H groups in total. The van der Waals surface area contributed by atoms with Crippen molar-refractivity contribution in [1.29, 1.82) is 0 Å². The number of hydrogen-bond donors (Lipinski definition) is 0. The fourth-order valence-corrected chi connectivity index (χ4v) is 1.81. The highest BCUT2D eigenvalue weighted by Crippen LogP contribution is 2.38. The van der Waals surface area contributed by atoms with E-state index >= 15 is 0 Å². The van der Waals surface area contributed by atoms with Gasteiger partial charge in [-0.3, -0.25) is 0 Å². The molecule has 1 heterocycles. The number of halogens is 1. The smallest absolute Gasteiger partial charge is 0.331 e. The molecule has 84 valence electrons. The Morgan fingerprint density at radius 1 is 1.62 bits per heavy atom. The first-order chi connectivity index (χ1) is 7.72. The lowest BCUT2D eigenvalue weighted by molar-refractivity contribution is -0.137. The summed E-state index contributed by atoms with van der Waals surface area (Å²) in [6, 6.07) is 5.46. The molecule has 0 bridgehead atoms. The van der Waals surface area contributed by atoms with E-state index in [4.69, 9.17) is 21.1 Å². The Labute approximate surface area is 98.6 Å². The van der Waals surface area contributed by atoms with Gasteiger partial charge in [-0.2, -0.15) is 0 Å². The van der Waals surface area contributed by atoms with E-state index in [1.165, 1.54) is 6.08 Å². The van der Waals surface area contributed by atoms with Gasteiger partial charge in [0.1, 0.15) is 12.4 Å². The van der Waals surface area contributed by atoms with Crippen LogP contribution in [0.1, 0.15) is 12.5 Å². The van der Waals surface area contributed by atoms with Gasteiger partial charge in [0.05, 0.1) is 11.6 Å². The Kier molecular flexibility index (Phi) is 3.15. The van der Waals surface area contributed by atoms with Crippen LogP contribution < -0.4 is 4.74 Å². The van der Waals surface area contributed by atoms with Crippen LogP contribution in [-0.4, -0.2) is 19.2 Å². The monoisotopic (exact) mass is 238 g/mol. The van der Waals surface area contributed by atoms with Crippen LogP contribution in [0, 0.1) is 0 Å². The molecule has 0 amide bonds. The van der Waals surface area contributed by atoms with Gasteiger partial charge in [-0.25, -0.2) is 4.79 Å². The molecule has 1 aromatic carbocycles. The third kappa shape index (κ3) is 2.04. The number of rotatable bonds is 2. The molecule has 0 aromatic heterocycles. The lowest BCUT2D eigenvalue weighted by atomic mass is 10.1. The second-order valence-electron chi connectivity index (χ2n) is 3.33. The predicted octanol–water partition coefficient (Wildman–Crippen LogP) is 2.68. The zero-order valence-electron chi connectivity index (χ0n) is 8.83. The van der Waals surface area contributed by atoms with Crippen molar-refractivity contribution in [3.8, 4) is 5.75 Å². The van der Waals surface area contributed by atoms with Crippen LogP contribution in [0.2, 0.25) is 5.02 Å². The van der Waals surface area contributed by atoms with Crippen molar-refractivity contribution in [2.45, 2.75) is 6.92 Å².